The van der Waals surface area contributed by atoms with Crippen molar-refractivity contribution in [1.82, 2.24) is 0 Å². The van der Waals surface area contributed by atoms with Gasteiger partial charge in [0.15, 0.2) is 12.2 Å². The van der Waals surface area contributed by atoms with E-state index in [0.717, 1.165) is 135 Å². The number of phosphoric acid groups is 2. The van der Waals surface area contributed by atoms with Crippen LogP contribution in [0.25, 0.3) is 0 Å². The fourth-order valence-electron chi connectivity index (χ4n) is 11.1. The molecule has 0 aromatic rings. The van der Waals surface area contributed by atoms with Gasteiger partial charge in [0.2, 0.25) is 0 Å². The molecule has 0 saturated carbocycles. The topological polar surface area (TPSA) is 237 Å². The maximum atomic E-state index is 13.1. The van der Waals surface area contributed by atoms with Gasteiger partial charge < -0.3 is 33.8 Å². The maximum Gasteiger partial charge on any atom is 0.472 e. The van der Waals surface area contributed by atoms with Crippen molar-refractivity contribution in [2.45, 2.75) is 380 Å². The van der Waals surface area contributed by atoms with E-state index in [0.29, 0.717) is 25.7 Å². The van der Waals surface area contributed by atoms with Crippen LogP contribution in [0.2, 0.25) is 0 Å². The van der Waals surface area contributed by atoms with Crippen LogP contribution in [0, 0.1) is 0 Å². The lowest BCUT2D eigenvalue weighted by molar-refractivity contribution is -0.161. The number of aliphatic hydroxyl groups excluding tert-OH is 1. The third kappa shape index (κ3) is 72.8. The lowest BCUT2D eigenvalue weighted by atomic mass is 10.0. The fraction of sp³-hybridized carbons (Fsp3) is 0.802. The number of hydrogen-bond donors (Lipinski definition) is 3. The van der Waals surface area contributed by atoms with Gasteiger partial charge in [-0.25, -0.2) is 9.13 Å². The number of carbonyl (C=O) groups excluding carboxylic acids is 4. The minimum Gasteiger partial charge on any atom is -0.462 e. The first-order valence-electron chi connectivity index (χ1n) is 40.2. The molecule has 0 heterocycles. The van der Waals surface area contributed by atoms with E-state index in [1.165, 1.54) is 148 Å². The summed E-state index contributed by atoms with van der Waals surface area (Å²) in [5, 5.41) is 10.6. The number of hydrogen-bond acceptors (Lipinski definition) is 15. The lowest BCUT2D eigenvalue weighted by Gasteiger charge is -2.21. The number of ether oxygens (including phenoxy) is 4. The summed E-state index contributed by atoms with van der Waals surface area (Å²) in [5.41, 5.74) is 0. The SMILES string of the molecule is CC/C=C\C/C=C\C/C=C\C/C=C\C/C=C\CCCCCC(=O)OCC(COP(=O)(O)OCC(O)COP(=O)(O)OCC(COC(=O)CCCCCCCCCCCCCCCCC)OC(=O)CCCCCCC/C=C\CCCC)OC(=O)CCCCCCCCCCCCCCCCC. The Morgan fingerprint density at radius 1 is 0.290 bits per heavy atom. The van der Waals surface area contributed by atoms with Crippen molar-refractivity contribution in [3.63, 3.8) is 0 Å². The molecule has 0 bridgehead atoms. The minimum atomic E-state index is -4.98. The molecule has 0 aromatic carbocycles. The van der Waals surface area contributed by atoms with E-state index in [4.69, 9.17) is 37.0 Å². The highest BCUT2D eigenvalue weighted by Crippen LogP contribution is 2.45. The molecule has 0 saturated heterocycles. The molecule has 0 aliphatic carbocycles. The smallest absolute Gasteiger partial charge is 0.462 e. The maximum absolute atomic E-state index is 13.1. The Morgan fingerprint density at radius 3 is 0.850 bits per heavy atom. The molecule has 0 rings (SSSR count). The predicted octanol–water partition coefficient (Wildman–Crippen LogP) is 23.2. The highest BCUT2D eigenvalue weighted by Gasteiger charge is 2.30. The van der Waals surface area contributed by atoms with Crippen LogP contribution in [-0.4, -0.2) is 96.7 Å². The number of esters is 4. The van der Waals surface area contributed by atoms with E-state index in [2.05, 4.69) is 101 Å². The van der Waals surface area contributed by atoms with E-state index >= 15 is 0 Å². The third-order valence-corrected chi connectivity index (χ3v) is 19.1. The molecule has 5 atom stereocenters. The Bertz CT molecular complexity index is 2180. The molecule has 0 spiro atoms. The van der Waals surface area contributed by atoms with Gasteiger partial charge in [-0.05, 0) is 89.9 Å². The monoisotopic (exact) mass is 1450 g/mol. The second-order valence-electron chi connectivity index (χ2n) is 27.0. The molecular weight excluding hydrogens is 1310 g/mol. The van der Waals surface area contributed by atoms with Crippen LogP contribution < -0.4 is 0 Å². The first-order chi connectivity index (χ1) is 48.7. The Labute approximate surface area is 609 Å². The Kier molecular flexibility index (Phi) is 71.2. The summed E-state index contributed by atoms with van der Waals surface area (Å²) in [6.07, 6.45) is 74.6. The zero-order valence-corrected chi connectivity index (χ0v) is 65.4. The Hall–Kier alpha value is -3.50. The normalized spacial score (nSPS) is 14.3. The standard InChI is InChI=1S/C81H146O17P2/c1-5-9-13-17-21-25-29-32-35-36-37-38-41-43-47-50-54-58-62-66-79(84)92-72-77(98-81(86)68-64-60-56-52-48-44-40-34-31-27-23-19-15-11-7-3)74-96-100(89,90)94-70-75(82)69-93-99(87,88)95-73-76(97-80(85)67-63-59-55-51-45-28-24-20-16-12-8-4)71-91-78(83)65-61-57-53-49-46-42-39-33-30-26-22-18-14-10-6-2/h9,13,20-21,24-25,32,35,37-38,43,47,75-77,82H,5-8,10-12,14-19,22-23,26-31,33-34,36,39-42,44-46,48-74H2,1-4H3,(H,87,88)(H,89,90)/b13-9-,24-20-,25-21-,35-32-,38-37-,47-43-. The molecule has 0 fully saturated rings. The van der Waals surface area contributed by atoms with Crippen LogP contribution in [0.1, 0.15) is 362 Å². The highest BCUT2D eigenvalue weighted by molar-refractivity contribution is 7.47. The summed E-state index contributed by atoms with van der Waals surface area (Å²) < 4.78 is 68.6. The number of carbonyl (C=O) groups is 4. The Morgan fingerprint density at radius 2 is 0.530 bits per heavy atom. The zero-order valence-electron chi connectivity index (χ0n) is 63.6. The van der Waals surface area contributed by atoms with Gasteiger partial charge in [-0.3, -0.25) is 37.3 Å². The van der Waals surface area contributed by atoms with Gasteiger partial charge in [0.25, 0.3) is 0 Å². The average Bonchev–Trinajstić information content (AvgIpc) is 0.985. The summed E-state index contributed by atoms with van der Waals surface area (Å²) in [7, 11) is -9.95. The van der Waals surface area contributed by atoms with Gasteiger partial charge >= 0.3 is 39.5 Å². The van der Waals surface area contributed by atoms with Gasteiger partial charge in [-0.2, -0.15) is 0 Å². The summed E-state index contributed by atoms with van der Waals surface area (Å²) in [6, 6.07) is 0. The minimum absolute atomic E-state index is 0.0888. The van der Waals surface area contributed by atoms with Crippen LogP contribution in [0.15, 0.2) is 72.9 Å². The number of allylic oxidation sites excluding steroid dienone is 12. The molecular formula is C81H146O17P2. The van der Waals surface area contributed by atoms with Gasteiger partial charge in [-0.15, -0.1) is 0 Å². The van der Waals surface area contributed by atoms with Crippen molar-refractivity contribution < 1.29 is 80.2 Å². The van der Waals surface area contributed by atoms with Gasteiger partial charge in [0, 0.05) is 25.7 Å². The number of phosphoric ester groups is 2. The molecule has 0 aliphatic heterocycles. The van der Waals surface area contributed by atoms with Crippen molar-refractivity contribution in [2.75, 3.05) is 39.6 Å². The first-order valence-corrected chi connectivity index (χ1v) is 43.2. The van der Waals surface area contributed by atoms with E-state index in [1.54, 1.807) is 0 Å². The first kappa shape index (κ1) is 96.5. The number of aliphatic hydroxyl groups is 1. The second-order valence-corrected chi connectivity index (χ2v) is 29.9. The average molecular weight is 1450 g/mol. The van der Waals surface area contributed by atoms with Crippen LogP contribution in [0.4, 0.5) is 0 Å². The molecule has 0 amide bonds. The summed E-state index contributed by atoms with van der Waals surface area (Å²) in [6.45, 7) is 4.75. The second kappa shape index (κ2) is 73.8. The van der Waals surface area contributed by atoms with Crippen LogP contribution in [0.3, 0.4) is 0 Å². The third-order valence-electron chi connectivity index (χ3n) is 17.2. The predicted molar refractivity (Wildman–Crippen MR) is 409 cm³/mol. The van der Waals surface area contributed by atoms with Crippen LogP contribution >= 0.6 is 15.6 Å². The van der Waals surface area contributed by atoms with Crippen LogP contribution in [-0.2, 0) is 65.4 Å². The summed E-state index contributed by atoms with van der Waals surface area (Å²) >= 11 is 0. The van der Waals surface area contributed by atoms with E-state index < -0.39 is 97.5 Å². The van der Waals surface area contributed by atoms with Crippen LogP contribution in [0.5, 0.6) is 0 Å². The zero-order chi connectivity index (χ0) is 73.2. The molecule has 582 valence electrons. The largest absolute Gasteiger partial charge is 0.472 e. The highest BCUT2D eigenvalue weighted by atomic mass is 31.2. The number of unbranched alkanes of at least 4 members (excludes halogenated alkanes) is 38. The molecule has 17 nitrogen and oxygen atoms in total. The van der Waals surface area contributed by atoms with Gasteiger partial charge in [0.1, 0.15) is 19.3 Å². The van der Waals surface area contributed by atoms with Gasteiger partial charge in [0.05, 0.1) is 26.4 Å². The quantitative estimate of drug-likeness (QED) is 0.0169. The van der Waals surface area contributed by atoms with E-state index in [1.807, 2.05) is 0 Å². The molecule has 100 heavy (non-hydrogen) atoms. The molecule has 0 aliphatic rings. The van der Waals surface area contributed by atoms with Gasteiger partial charge in [-0.1, -0.05) is 319 Å². The molecule has 5 unspecified atom stereocenters. The molecule has 19 heteroatoms. The lowest BCUT2D eigenvalue weighted by Crippen LogP contribution is -2.30. The Balaban J connectivity index is 5.32. The van der Waals surface area contributed by atoms with Crippen molar-refractivity contribution in [1.29, 1.82) is 0 Å². The van der Waals surface area contributed by atoms with Crippen molar-refractivity contribution in [2.24, 2.45) is 0 Å². The molecule has 0 radical (unpaired) electrons. The summed E-state index contributed by atoms with van der Waals surface area (Å²) in [4.78, 5) is 72.9. The van der Waals surface area contributed by atoms with E-state index in [9.17, 15) is 43.2 Å². The molecule has 0 aromatic heterocycles. The van der Waals surface area contributed by atoms with Crippen molar-refractivity contribution in [3.8, 4) is 0 Å². The van der Waals surface area contributed by atoms with Crippen molar-refractivity contribution in [3.05, 3.63) is 72.9 Å². The molecule has 3 N–H and O–H groups in total. The number of rotatable bonds is 76. The fourth-order valence-corrected chi connectivity index (χ4v) is 12.6. The van der Waals surface area contributed by atoms with Crippen molar-refractivity contribution >= 4 is 39.5 Å². The summed E-state index contributed by atoms with van der Waals surface area (Å²) in [5.74, 6) is -2.19. The van der Waals surface area contributed by atoms with E-state index in [-0.39, 0.29) is 25.7 Å².